The second kappa shape index (κ2) is 12.0. The van der Waals surface area contributed by atoms with Crippen molar-refractivity contribution >= 4 is 27.5 Å². The van der Waals surface area contributed by atoms with Crippen molar-refractivity contribution in [3.8, 4) is 0 Å². The molecule has 0 saturated carbocycles. The van der Waals surface area contributed by atoms with Crippen LogP contribution in [0.25, 0.3) is 0 Å². The smallest absolute Gasteiger partial charge is 0.264 e. The largest absolute Gasteiger partial charge is 0.355 e. The van der Waals surface area contributed by atoms with Crippen molar-refractivity contribution < 1.29 is 22.4 Å². The van der Waals surface area contributed by atoms with Crippen LogP contribution in [0.15, 0.2) is 77.7 Å². The van der Waals surface area contributed by atoms with Gasteiger partial charge in [0, 0.05) is 13.1 Å². The van der Waals surface area contributed by atoms with Gasteiger partial charge in [-0.15, -0.1) is 0 Å². The highest BCUT2D eigenvalue weighted by molar-refractivity contribution is 7.92. The van der Waals surface area contributed by atoms with Gasteiger partial charge in [0.25, 0.3) is 10.0 Å². The number of aryl methyl sites for hydroxylation is 2. The maximum absolute atomic E-state index is 13.7. The summed E-state index contributed by atoms with van der Waals surface area (Å²) in [5.41, 5.74) is 3.01. The average molecular weight is 526 g/mol. The molecular weight excluding hydrogens is 493 g/mol. The summed E-state index contributed by atoms with van der Waals surface area (Å²) < 4.78 is 41.8. The van der Waals surface area contributed by atoms with Gasteiger partial charge in [-0.05, 0) is 69.7 Å². The first kappa shape index (κ1) is 27.9. The molecule has 2 amide bonds. The Balaban J connectivity index is 2.02. The lowest BCUT2D eigenvalue weighted by Crippen LogP contribution is -2.51. The summed E-state index contributed by atoms with van der Waals surface area (Å²) in [6.45, 7) is 7.16. The number of nitrogens with zero attached hydrogens (tertiary/aromatic N) is 2. The van der Waals surface area contributed by atoms with E-state index >= 15 is 0 Å². The predicted molar refractivity (Wildman–Crippen MR) is 142 cm³/mol. The van der Waals surface area contributed by atoms with Crippen molar-refractivity contribution in [1.82, 2.24) is 10.2 Å². The number of halogens is 1. The summed E-state index contributed by atoms with van der Waals surface area (Å²) >= 11 is 0. The minimum atomic E-state index is -4.23. The molecule has 0 aliphatic carbocycles. The fourth-order valence-corrected chi connectivity index (χ4v) is 5.30. The summed E-state index contributed by atoms with van der Waals surface area (Å²) in [5.74, 6) is -1.46. The third kappa shape index (κ3) is 6.95. The molecule has 0 saturated heterocycles. The molecule has 7 nitrogen and oxygen atoms in total. The van der Waals surface area contributed by atoms with Crippen molar-refractivity contribution in [2.45, 2.75) is 45.2 Å². The number of carbonyl (C=O) groups excluding carboxylic acids is 2. The van der Waals surface area contributed by atoms with Gasteiger partial charge in [0.2, 0.25) is 11.8 Å². The Morgan fingerprint density at radius 2 is 1.59 bits per heavy atom. The number of rotatable bonds is 10. The highest BCUT2D eigenvalue weighted by Crippen LogP contribution is 2.25. The van der Waals surface area contributed by atoms with Gasteiger partial charge >= 0.3 is 0 Å². The Morgan fingerprint density at radius 1 is 0.946 bits per heavy atom. The van der Waals surface area contributed by atoms with E-state index < -0.39 is 34.3 Å². The maximum Gasteiger partial charge on any atom is 0.264 e. The lowest BCUT2D eigenvalue weighted by Gasteiger charge is -2.32. The van der Waals surface area contributed by atoms with Crippen LogP contribution >= 0.6 is 0 Å². The van der Waals surface area contributed by atoms with Crippen LogP contribution in [0.3, 0.4) is 0 Å². The number of amides is 2. The van der Waals surface area contributed by atoms with Gasteiger partial charge in [-0.2, -0.15) is 0 Å². The molecule has 9 heteroatoms. The molecule has 37 heavy (non-hydrogen) atoms. The molecule has 0 fully saturated rings. The third-order valence-corrected chi connectivity index (χ3v) is 7.74. The van der Waals surface area contributed by atoms with E-state index in [2.05, 4.69) is 5.32 Å². The number of likely N-dealkylation sites (N-methyl/N-ethyl adjacent to an activating group) is 1. The van der Waals surface area contributed by atoms with E-state index in [4.69, 9.17) is 0 Å². The number of benzene rings is 3. The van der Waals surface area contributed by atoms with Crippen LogP contribution in [0.4, 0.5) is 10.1 Å². The third-order valence-electron chi connectivity index (χ3n) is 5.96. The van der Waals surface area contributed by atoms with Crippen LogP contribution in [-0.4, -0.2) is 44.3 Å². The van der Waals surface area contributed by atoms with Crippen LogP contribution < -0.4 is 9.62 Å². The zero-order valence-corrected chi connectivity index (χ0v) is 22.3. The molecule has 0 radical (unpaired) electrons. The summed E-state index contributed by atoms with van der Waals surface area (Å²) in [6.07, 6.45) is 0. The Morgan fingerprint density at radius 3 is 2.19 bits per heavy atom. The van der Waals surface area contributed by atoms with Gasteiger partial charge in [0.05, 0.1) is 10.6 Å². The number of carbonyl (C=O) groups is 2. The van der Waals surface area contributed by atoms with Crippen molar-refractivity contribution in [3.63, 3.8) is 0 Å². The van der Waals surface area contributed by atoms with E-state index in [9.17, 15) is 22.4 Å². The fourth-order valence-electron chi connectivity index (χ4n) is 3.89. The molecular formula is C28H32FN3O4S. The molecule has 196 valence electrons. The molecule has 0 aliphatic heterocycles. The second-order valence-electron chi connectivity index (χ2n) is 8.88. The zero-order valence-electron chi connectivity index (χ0n) is 21.4. The minimum absolute atomic E-state index is 0.122. The molecule has 0 bridgehead atoms. The lowest BCUT2D eigenvalue weighted by molar-refractivity contribution is -0.139. The van der Waals surface area contributed by atoms with Gasteiger partial charge in [0.15, 0.2) is 0 Å². The first-order chi connectivity index (χ1) is 17.5. The normalized spacial score (nSPS) is 12.0. The van der Waals surface area contributed by atoms with Gasteiger partial charge in [-0.3, -0.25) is 13.9 Å². The van der Waals surface area contributed by atoms with Crippen molar-refractivity contribution in [2.24, 2.45) is 0 Å². The molecule has 0 spiro atoms. The first-order valence-electron chi connectivity index (χ1n) is 12.0. The molecule has 0 aromatic heterocycles. The Kier molecular flexibility index (Phi) is 9.04. The van der Waals surface area contributed by atoms with Gasteiger partial charge in [-0.1, -0.05) is 47.5 Å². The fraction of sp³-hybridized carbons (Fsp3) is 0.286. The SMILES string of the molecule is CCNC(=O)[C@H](C)N(Cc1cccc(C)c1)C(=O)CN(c1ccc(C)cc1)S(=O)(=O)c1ccc(F)cc1. The Bertz CT molecular complexity index is 1340. The molecule has 0 aliphatic rings. The summed E-state index contributed by atoms with van der Waals surface area (Å²) in [4.78, 5) is 27.7. The zero-order chi connectivity index (χ0) is 27.2. The monoisotopic (exact) mass is 525 g/mol. The van der Waals surface area contributed by atoms with Crippen molar-refractivity contribution in [2.75, 3.05) is 17.4 Å². The van der Waals surface area contributed by atoms with Gasteiger partial charge in [-0.25, -0.2) is 12.8 Å². The second-order valence-corrected chi connectivity index (χ2v) is 10.7. The molecule has 0 unspecified atom stereocenters. The molecule has 0 heterocycles. The Labute approximate surface area is 218 Å². The molecule has 3 rings (SSSR count). The summed E-state index contributed by atoms with van der Waals surface area (Å²) in [7, 11) is -4.23. The van der Waals surface area contributed by atoms with Crippen LogP contribution in [0, 0.1) is 19.7 Å². The van der Waals surface area contributed by atoms with Crippen LogP contribution in [0.1, 0.15) is 30.5 Å². The standard InChI is InChI=1S/C28H32FN3O4S/c1-5-30-28(34)22(4)31(18-23-8-6-7-21(3)17-23)27(33)19-32(25-13-9-20(2)10-14-25)37(35,36)26-15-11-24(29)12-16-26/h6-17,22H,5,18-19H2,1-4H3,(H,30,34)/t22-/m0/s1. The first-order valence-corrected chi connectivity index (χ1v) is 13.4. The quantitative estimate of drug-likeness (QED) is 0.430. The average Bonchev–Trinajstić information content (AvgIpc) is 2.86. The number of sulfonamides is 1. The molecule has 3 aromatic rings. The van der Waals surface area contributed by atoms with E-state index in [-0.39, 0.29) is 23.0 Å². The van der Waals surface area contributed by atoms with Crippen molar-refractivity contribution in [1.29, 1.82) is 0 Å². The number of nitrogens with one attached hydrogen (secondary N) is 1. The number of hydrogen-bond donors (Lipinski definition) is 1. The summed E-state index contributed by atoms with van der Waals surface area (Å²) in [6, 6.07) is 17.9. The van der Waals surface area contributed by atoms with Gasteiger partial charge < -0.3 is 10.2 Å². The van der Waals surface area contributed by atoms with Crippen LogP contribution in [-0.2, 0) is 26.2 Å². The topological polar surface area (TPSA) is 86.8 Å². The van der Waals surface area contributed by atoms with E-state index in [1.165, 1.54) is 4.90 Å². The molecule has 1 N–H and O–H groups in total. The minimum Gasteiger partial charge on any atom is -0.355 e. The van der Waals surface area contributed by atoms with Gasteiger partial charge in [0.1, 0.15) is 18.4 Å². The van der Waals surface area contributed by atoms with E-state index in [0.717, 1.165) is 45.3 Å². The van der Waals surface area contributed by atoms with Crippen LogP contribution in [0.5, 0.6) is 0 Å². The van der Waals surface area contributed by atoms with E-state index in [1.807, 2.05) is 38.1 Å². The molecule has 3 aromatic carbocycles. The van der Waals surface area contributed by atoms with E-state index in [1.54, 1.807) is 38.1 Å². The number of anilines is 1. The summed E-state index contributed by atoms with van der Waals surface area (Å²) in [5, 5.41) is 2.73. The Hall–Kier alpha value is -3.72. The highest BCUT2D eigenvalue weighted by atomic mass is 32.2. The van der Waals surface area contributed by atoms with Crippen molar-refractivity contribution in [3.05, 3.63) is 95.3 Å². The highest BCUT2D eigenvalue weighted by Gasteiger charge is 2.32. The van der Waals surface area contributed by atoms with Crippen LogP contribution in [0.2, 0.25) is 0 Å². The maximum atomic E-state index is 13.7. The molecule has 1 atom stereocenters. The number of hydrogen-bond acceptors (Lipinski definition) is 4. The predicted octanol–water partition coefficient (Wildman–Crippen LogP) is 4.19. The lowest BCUT2D eigenvalue weighted by atomic mass is 10.1. The van der Waals surface area contributed by atoms with E-state index in [0.29, 0.717) is 6.54 Å².